The molecule has 0 aliphatic carbocycles. The minimum Gasteiger partial charge on any atom is -0.494 e. The Morgan fingerprint density at radius 3 is 2.52 bits per heavy atom. The summed E-state index contributed by atoms with van der Waals surface area (Å²) >= 11 is 0. The third kappa shape index (κ3) is 3.86. The van der Waals surface area contributed by atoms with E-state index in [2.05, 4.69) is 4.99 Å². The van der Waals surface area contributed by atoms with E-state index in [1.165, 1.54) is 0 Å². The first-order valence-corrected chi connectivity index (χ1v) is 7.53. The quantitative estimate of drug-likeness (QED) is 0.626. The van der Waals surface area contributed by atoms with Crippen LogP contribution in [0.1, 0.15) is 18.1 Å². The maximum atomic E-state index is 11.9. The topological polar surface area (TPSA) is 47.9 Å². The highest BCUT2D eigenvalue weighted by molar-refractivity contribution is 6.07. The first kappa shape index (κ1) is 15.0. The zero-order valence-corrected chi connectivity index (χ0v) is 12.9. The molecule has 3 rings (SSSR count). The molecule has 0 bridgehead atoms. The van der Waals surface area contributed by atoms with Crippen LogP contribution in [-0.4, -0.2) is 18.5 Å². The lowest BCUT2D eigenvalue weighted by Gasteiger charge is -2.02. The maximum absolute atomic E-state index is 11.9. The van der Waals surface area contributed by atoms with Crippen LogP contribution in [0.2, 0.25) is 0 Å². The van der Waals surface area contributed by atoms with Gasteiger partial charge in [-0.3, -0.25) is 0 Å². The Bertz CT molecular complexity index is 746. The van der Waals surface area contributed by atoms with Crippen molar-refractivity contribution < 1.29 is 14.3 Å². The Morgan fingerprint density at radius 1 is 1.09 bits per heavy atom. The number of cyclic esters (lactones) is 1. The van der Waals surface area contributed by atoms with E-state index in [-0.39, 0.29) is 0 Å². The molecule has 0 spiro atoms. The number of benzene rings is 2. The van der Waals surface area contributed by atoms with Crippen molar-refractivity contribution >= 4 is 17.9 Å². The molecule has 0 atom stereocenters. The number of carbonyl (C=O) groups is 1. The van der Waals surface area contributed by atoms with Crippen LogP contribution < -0.4 is 4.74 Å². The van der Waals surface area contributed by atoms with Gasteiger partial charge in [-0.05, 0) is 36.3 Å². The fraction of sp³-hybridized carbons (Fsp3) is 0.158. The number of ether oxygens (including phenoxy) is 2. The molecule has 0 unspecified atom stereocenters. The summed E-state index contributed by atoms with van der Waals surface area (Å²) in [5, 5.41) is 0. The van der Waals surface area contributed by atoms with Gasteiger partial charge in [0.15, 0.2) is 5.70 Å². The number of hydrogen-bond acceptors (Lipinski definition) is 4. The van der Waals surface area contributed by atoms with Crippen LogP contribution >= 0.6 is 0 Å². The van der Waals surface area contributed by atoms with E-state index in [0.29, 0.717) is 24.6 Å². The monoisotopic (exact) mass is 307 g/mol. The van der Waals surface area contributed by atoms with Crippen LogP contribution in [0.3, 0.4) is 0 Å². The second-order valence-corrected chi connectivity index (χ2v) is 5.09. The number of hydrogen-bond donors (Lipinski definition) is 0. The molecule has 0 amide bonds. The number of esters is 1. The van der Waals surface area contributed by atoms with Gasteiger partial charge in [0.25, 0.3) is 0 Å². The lowest BCUT2D eigenvalue weighted by molar-refractivity contribution is -0.130. The van der Waals surface area contributed by atoms with Crippen LogP contribution in [-0.2, 0) is 16.0 Å². The van der Waals surface area contributed by atoms with Crippen LogP contribution in [0, 0.1) is 0 Å². The van der Waals surface area contributed by atoms with Gasteiger partial charge in [0.2, 0.25) is 5.90 Å². The van der Waals surface area contributed by atoms with Crippen LogP contribution in [0.4, 0.5) is 0 Å². The highest BCUT2D eigenvalue weighted by atomic mass is 16.6. The first-order valence-electron chi connectivity index (χ1n) is 7.53. The summed E-state index contributed by atoms with van der Waals surface area (Å²) in [5.74, 6) is 0.820. The van der Waals surface area contributed by atoms with E-state index in [0.717, 1.165) is 16.9 Å². The van der Waals surface area contributed by atoms with E-state index in [4.69, 9.17) is 9.47 Å². The molecule has 0 saturated carbocycles. The van der Waals surface area contributed by atoms with Crippen molar-refractivity contribution in [1.82, 2.24) is 0 Å². The molecule has 1 aliphatic rings. The predicted molar refractivity (Wildman–Crippen MR) is 89.3 cm³/mol. The molecule has 0 N–H and O–H groups in total. The average Bonchev–Trinajstić information content (AvgIpc) is 2.90. The molecule has 1 aliphatic heterocycles. The van der Waals surface area contributed by atoms with Crippen molar-refractivity contribution in [2.75, 3.05) is 6.61 Å². The highest BCUT2D eigenvalue weighted by Gasteiger charge is 2.22. The Labute approximate surface area is 135 Å². The summed E-state index contributed by atoms with van der Waals surface area (Å²) in [6.07, 6.45) is 2.23. The van der Waals surface area contributed by atoms with Crippen molar-refractivity contribution in [2.45, 2.75) is 13.3 Å². The third-order valence-corrected chi connectivity index (χ3v) is 3.36. The number of carbonyl (C=O) groups excluding carboxylic acids is 1. The minimum atomic E-state index is -0.412. The summed E-state index contributed by atoms with van der Waals surface area (Å²) in [6, 6.07) is 17.3. The highest BCUT2D eigenvalue weighted by Crippen LogP contribution is 2.19. The van der Waals surface area contributed by atoms with Gasteiger partial charge < -0.3 is 9.47 Å². The molecule has 1 heterocycles. The fourth-order valence-corrected chi connectivity index (χ4v) is 2.28. The summed E-state index contributed by atoms with van der Waals surface area (Å²) in [5.41, 5.74) is 2.26. The SMILES string of the molecule is CCOc1ccc(/C=C2/N=C(Cc3ccccc3)OC2=O)cc1. The molecule has 116 valence electrons. The standard InChI is InChI=1S/C19H17NO3/c1-2-22-16-10-8-15(9-11-16)12-17-19(21)23-18(20-17)13-14-6-4-3-5-7-14/h3-12H,2,13H2,1H3/b17-12+. The molecule has 0 saturated heterocycles. The number of rotatable bonds is 5. The predicted octanol–water partition coefficient (Wildman–Crippen LogP) is 3.62. The van der Waals surface area contributed by atoms with E-state index >= 15 is 0 Å². The zero-order chi connectivity index (χ0) is 16.1. The number of aliphatic imine (C=N–C) groups is 1. The van der Waals surface area contributed by atoms with Crippen LogP contribution in [0.15, 0.2) is 65.3 Å². The van der Waals surface area contributed by atoms with Crippen molar-refractivity contribution in [1.29, 1.82) is 0 Å². The molecule has 4 heteroatoms. The van der Waals surface area contributed by atoms with Gasteiger partial charge in [-0.1, -0.05) is 42.5 Å². The third-order valence-electron chi connectivity index (χ3n) is 3.36. The van der Waals surface area contributed by atoms with Gasteiger partial charge in [0.1, 0.15) is 5.75 Å². The second-order valence-electron chi connectivity index (χ2n) is 5.09. The maximum Gasteiger partial charge on any atom is 0.363 e. The lowest BCUT2D eigenvalue weighted by Crippen LogP contribution is -2.06. The van der Waals surface area contributed by atoms with E-state index in [9.17, 15) is 4.79 Å². The Balaban J connectivity index is 1.75. The van der Waals surface area contributed by atoms with Crippen LogP contribution in [0.25, 0.3) is 6.08 Å². The molecule has 2 aromatic carbocycles. The minimum absolute atomic E-state index is 0.320. The van der Waals surface area contributed by atoms with E-state index in [1.54, 1.807) is 6.08 Å². The van der Waals surface area contributed by atoms with Gasteiger partial charge in [-0.25, -0.2) is 9.79 Å². The van der Waals surface area contributed by atoms with Gasteiger partial charge in [-0.2, -0.15) is 0 Å². The van der Waals surface area contributed by atoms with Crippen molar-refractivity contribution in [3.63, 3.8) is 0 Å². The molecule has 4 nitrogen and oxygen atoms in total. The summed E-state index contributed by atoms with van der Waals surface area (Å²) in [7, 11) is 0. The second kappa shape index (κ2) is 6.92. The molecule has 23 heavy (non-hydrogen) atoms. The zero-order valence-electron chi connectivity index (χ0n) is 12.9. The van der Waals surface area contributed by atoms with Crippen molar-refractivity contribution in [2.24, 2.45) is 4.99 Å². The molecule has 0 aromatic heterocycles. The van der Waals surface area contributed by atoms with Gasteiger partial charge >= 0.3 is 5.97 Å². The summed E-state index contributed by atoms with van der Waals surface area (Å²) in [4.78, 5) is 16.2. The smallest absolute Gasteiger partial charge is 0.363 e. The summed E-state index contributed by atoms with van der Waals surface area (Å²) in [6.45, 7) is 2.56. The van der Waals surface area contributed by atoms with E-state index in [1.807, 2.05) is 61.5 Å². The van der Waals surface area contributed by atoms with Crippen molar-refractivity contribution in [3.8, 4) is 5.75 Å². The average molecular weight is 307 g/mol. The largest absolute Gasteiger partial charge is 0.494 e. The molecular weight excluding hydrogens is 290 g/mol. The molecular formula is C19H17NO3. The Hall–Kier alpha value is -2.88. The van der Waals surface area contributed by atoms with Crippen molar-refractivity contribution in [3.05, 3.63) is 71.4 Å². The molecule has 0 radical (unpaired) electrons. The Morgan fingerprint density at radius 2 is 1.83 bits per heavy atom. The molecule has 2 aromatic rings. The van der Waals surface area contributed by atoms with Gasteiger partial charge in [0, 0.05) is 6.42 Å². The number of nitrogens with zero attached hydrogens (tertiary/aromatic N) is 1. The molecule has 0 fully saturated rings. The van der Waals surface area contributed by atoms with E-state index < -0.39 is 5.97 Å². The summed E-state index contributed by atoms with van der Waals surface area (Å²) < 4.78 is 10.6. The fourth-order valence-electron chi connectivity index (χ4n) is 2.28. The van der Waals surface area contributed by atoms with Crippen LogP contribution in [0.5, 0.6) is 5.75 Å². The first-order chi connectivity index (χ1) is 11.2. The Kier molecular flexibility index (Phi) is 4.52. The van der Waals surface area contributed by atoms with Gasteiger partial charge in [-0.15, -0.1) is 0 Å². The van der Waals surface area contributed by atoms with Gasteiger partial charge in [0.05, 0.1) is 6.61 Å². The lowest BCUT2D eigenvalue weighted by atomic mass is 10.1. The normalized spacial score (nSPS) is 15.4.